The van der Waals surface area contributed by atoms with Gasteiger partial charge in [0, 0.05) is 34.6 Å². The van der Waals surface area contributed by atoms with Crippen molar-refractivity contribution in [3.63, 3.8) is 0 Å². The highest BCUT2D eigenvalue weighted by molar-refractivity contribution is 5.95. The van der Waals surface area contributed by atoms with Crippen molar-refractivity contribution in [1.29, 1.82) is 0 Å². The van der Waals surface area contributed by atoms with Gasteiger partial charge in [-0.3, -0.25) is 15.1 Å². The lowest BCUT2D eigenvalue weighted by Crippen LogP contribution is -2.20. The second-order valence-corrected chi connectivity index (χ2v) is 11.2. The smallest absolute Gasteiger partial charge is 0.124 e. The molecule has 7 heteroatoms. The van der Waals surface area contributed by atoms with E-state index < -0.39 is 0 Å². The van der Waals surface area contributed by atoms with E-state index in [1.165, 1.54) is 31.5 Å². The maximum absolute atomic E-state index is 14.9. The molecule has 0 amide bonds. The summed E-state index contributed by atoms with van der Waals surface area (Å²) in [5, 5.41) is 8.74. The first-order chi connectivity index (χ1) is 21.5. The molecule has 4 aromatic heterocycles. The second-order valence-electron chi connectivity index (χ2n) is 11.2. The fraction of sp³-hybridized carbons (Fsp3) is 0.324. The first-order valence-corrected chi connectivity index (χ1v) is 15.9. The topological polar surface area (TPSA) is 73.5 Å². The summed E-state index contributed by atoms with van der Waals surface area (Å²) in [6.45, 7) is 15.5. The van der Waals surface area contributed by atoms with Crippen LogP contribution in [0.4, 0.5) is 4.39 Å². The molecular weight excluding hydrogens is 547 g/mol. The van der Waals surface area contributed by atoms with Gasteiger partial charge in [-0.15, -0.1) is 0 Å². The third kappa shape index (κ3) is 6.89. The highest BCUT2D eigenvalue weighted by Crippen LogP contribution is 2.34. The molecule has 0 bridgehead atoms. The Bertz CT molecular complexity index is 1760. The number of fused-ring (bicyclic) bond motifs is 1. The van der Waals surface area contributed by atoms with E-state index >= 15 is 0 Å². The van der Waals surface area contributed by atoms with E-state index in [2.05, 4.69) is 67.8 Å². The molecule has 1 fully saturated rings. The Morgan fingerprint density at radius 3 is 2.61 bits per heavy atom. The van der Waals surface area contributed by atoms with Crippen molar-refractivity contribution >= 4 is 16.5 Å². The predicted molar refractivity (Wildman–Crippen MR) is 180 cm³/mol. The largest absolute Gasteiger partial charge is 0.357 e. The molecule has 0 unspecified atom stereocenters. The monoisotopic (exact) mass is 590 g/mol. The SMILES string of the molecule is C=C/C=C(/c1cc(F)cc(CCCN2CCCC2)c1)c1cc(-c2n[nH]c3cnc(-c4cncc(CC)c4)cc23)[nH]c1C.CC. The number of pyridine rings is 2. The summed E-state index contributed by atoms with van der Waals surface area (Å²) in [5.41, 5.74) is 10.3. The zero-order valence-electron chi connectivity index (χ0n) is 26.4. The van der Waals surface area contributed by atoms with Crippen LogP contribution < -0.4 is 0 Å². The summed E-state index contributed by atoms with van der Waals surface area (Å²) in [7, 11) is 0. The Morgan fingerprint density at radius 1 is 1.02 bits per heavy atom. The standard InChI is InChI=1S/C35H37FN6.C2H6/c1-4-9-29(26-15-25(16-28(36)17-26)10-8-13-42-11-6-7-12-42)30-18-33(39-23(30)3)35-31-19-32(38-22-34(31)40-41-35)27-14-24(5-2)20-37-21-27;1-2/h4,9,14-22,39H,1,5-8,10-13H2,2-3H3,(H,40,41);1-2H3/b29-9-;. The van der Waals surface area contributed by atoms with Gasteiger partial charge in [-0.25, -0.2) is 4.39 Å². The molecule has 5 aromatic rings. The Kier molecular flexibility index (Phi) is 10.2. The summed E-state index contributed by atoms with van der Waals surface area (Å²) in [6, 6.07) is 11.7. The quantitative estimate of drug-likeness (QED) is 0.160. The zero-order chi connectivity index (χ0) is 31.1. The van der Waals surface area contributed by atoms with Gasteiger partial charge < -0.3 is 9.88 Å². The van der Waals surface area contributed by atoms with Gasteiger partial charge in [0.1, 0.15) is 11.5 Å². The normalized spacial score (nSPS) is 13.7. The fourth-order valence-corrected chi connectivity index (χ4v) is 5.99. The average Bonchev–Trinajstić information content (AvgIpc) is 3.81. The molecule has 0 spiro atoms. The molecule has 228 valence electrons. The number of rotatable bonds is 10. The van der Waals surface area contributed by atoms with Crippen LogP contribution in [-0.4, -0.2) is 49.7 Å². The van der Waals surface area contributed by atoms with Gasteiger partial charge in [0.25, 0.3) is 0 Å². The third-order valence-electron chi connectivity index (χ3n) is 8.20. The van der Waals surface area contributed by atoms with Gasteiger partial charge in [-0.05, 0) is 111 Å². The fourth-order valence-electron chi connectivity index (χ4n) is 5.99. The molecule has 2 N–H and O–H groups in total. The number of benzene rings is 1. The van der Waals surface area contributed by atoms with Crippen LogP contribution in [0, 0.1) is 12.7 Å². The molecule has 1 aliphatic rings. The minimum absolute atomic E-state index is 0.216. The molecular formula is C37H43FN6. The van der Waals surface area contributed by atoms with Crippen LogP contribution in [0.15, 0.2) is 73.7 Å². The number of nitrogens with one attached hydrogen (secondary N) is 2. The Balaban J connectivity index is 0.00000188. The second kappa shape index (κ2) is 14.4. The highest BCUT2D eigenvalue weighted by Gasteiger charge is 2.18. The number of halogens is 1. The van der Waals surface area contributed by atoms with E-state index in [0.29, 0.717) is 0 Å². The summed E-state index contributed by atoms with van der Waals surface area (Å²) in [6.07, 6.45) is 14.6. The van der Waals surface area contributed by atoms with Crippen LogP contribution in [0.1, 0.15) is 68.0 Å². The molecule has 6 rings (SSSR count). The third-order valence-corrected chi connectivity index (χ3v) is 8.20. The van der Waals surface area contributed by atoms with Crippen molar-refractivity contribution in [1.82, 2.24) is 30.0 Å². The van der Waals surface area contributed by atoms with E-state index in [9.17, 15) is 4.39 Å². The Labute approximate surface area is 260 Å². The van der Waals surface area contributed by atoms with E-state index in [-0.39, 0.29) is 5.82 Å². The number of aromatic nitrogens is 5. The Morgan fingerprint density at radius 2 is 1.84 bits per heavy atom. The first-order valence-electron chi connectivity index (χ1n) is 15.9. The maximum Gasteiger partial charge on any atom is 0.124 e. The lowest BCUT2D eigenvalue weighted by Gasteiger charge is -2.15. The first kappa shape index (κ1) is 31.1. The van der Waals surface area contributed by atoms with Crippen molar-refractivity contribution in [3.05, 3.63) is 107 Å². The van der Waals surface area contributed by atoms with Gasteiger partial charge in [0.15, 0.2) is 0 Å². The van der Waals surface area contributed by atoms with E-state index in [1.807, 2.05) is 45.4 Å². The molecule has 0 atom stereocenters. The number of aromatic amines is 2. The van der Waals surface area contributed by atoms with Crippen molar-refractivity contribution in [3.8, 4) is 22.6 Å². The summed E-state index contributed by atoms with van der Waals surface area (Å²) >= 11 is 0. The van der Waals surface area contributed by atoms with Gasteiger partial charge in [-0.1, -0.05) is 45.6 Å². The lowest BCUT2D eigenvalue weighted by molar-refractivity contribution is 0.334. The van der Waals surface area contributed by atoms with Crippen LogP contribution >= 0.6 is 0 Å². The molecule has 1 aromatic carbocycles. The van der Waals surface area contributed by atoms with Crippen molar-refractivity contribution in [2.75, 3.05) is 19.6 Å². The molecule has 0 radical (unpaired) electrons. The predicted octanol–water partition coefficient (Wildman–Crippen LogP) is 8.70. The molecule has 1 saturated heterocycles. The van der Waals surface area contributed by atoms with Gasteiger partial charge in [0.05, 0.1) is 23.1 Å². The molecule has 6 nitrogen and oxygen atoms in total. The molecule has 0 saturated carbocycles. The highest BCUT2D eigenvalue weighted by atomic mass is 19.1. The molecule has 5 heterocycles. The number of hydrogen-bond donors (Lipinski definition) is 2. The number of nitrogens with zero attached hydrogens (tertiary/aromatic N) is 4. The van der Waals surface area contributed by atoms with Crippen LogP contribution in [0.2, 0.25) is 0 Å². The van der Waals surface area contributed by atoms with Crippen molar-refractivity contribution < 1.29 is 4.39 Å². The van der Waals surface area contributed by atoms with Crippen LogP contribution in [0.5, 0.6) is 0 Å². The van der Waals surface area contributed by atoms with Crippen LogP contribution in [0.3, 0.4) is 0 Å². The molecule has 0 aliphatic carbocycles. The minimum Gasteiger partial charge on any atom is -0.357 e. The van der Waals surface area contributed by atoms with Gasteiger partial charge in [0.2, 0.25) is 0 Å². The van der Waals surface area contributed by atoms with Gasteiger partial charge >= 0.3 is 0 Å². The van der Waals surface area contributed by atoms with E-state index in [4.69, 9.17) is 0 Å². The number of likely N-dealkylation sites (tertiary alicyclic amines) is 1. The average molecular weight is 591 g/mol. The van der Waals surface area contributed by atoms with E-state index in [1.54, 1.807) is 18.2 Å². The van der Waals surface area contributed by atoms with Crippen LogP contribution in [0.25, 0.3) is 39.1 Å². The number of aryl methyl sites for hydroxylation is 3. The van der Waals surface area contributed by atoms with Crippen LogP contribution in [-0.2, 0) is 12.8 Å². The number of hydrogen-bond acceptors (Lipinski definition) is 4. The number of allylic oxidation sites excluding steroid dienone is 2. The summed E-state index contributed by atoms with van der Waals surface area (Å²) < 4.78 is 14.9. The number of H-pyrrole nitrogens is 2. The maximum atomic E-state index is 14.9. The van der Waals surface area contributed by atoms with Crippen molar-refractivity contribution in [2.45, 2.75) is 59.8 Å². The van der Waals surface area contributed by atoms with Crippen molar-refractivity contribution in [2.24, 2.45) is 0 Å². The zero-order valence-corrected chi connectivity index (χ0v) is 26.4. The van der Waals surface area contributed by atoms with Gasteiger partial charge in [-0.2, -0.15) is 5.10 Å². The minimum atomic E-state index is -0.216. The Hall–Kier alpha value is -4.36. The van der Waals surface area contributed by atoms with E-state index in [0.717, 1.165) is 87.3 Å². The lowest BCUT2D eigenvalue weighted by atomic mass is 9.94. The molecule has 1 aliphatic heterocycles. The molecule has 44 heavy (non-hydrogen) atoms. The summed E-state index contributed by atoms with van der Waals surface area (Å²) in [4.78, 5) is 15.1. The summed E-state index contributed by atoms with van der Waals surface area (Å²) in [5.74, 6) is -0.216.